The van der Waals surface area contributed by atoms with Gasteiger partial charge in [0, 0.05) is 6.07 Å². The van der Waals surface area contributed by atoms with Gasteiger partial charge in [-0.15, -0.1) is 0 Å². The van der Waals surface area contributed by atoms with Gasteiger partial charge in [-0.3, -0.25) is 14.9 Å². The summed E-state index contributed by atoms with van der Waals surface area (Å²) < 4.78 is 1.02. The highest BCUT2D eigenvalue weighted by molar-refractivity contribution is 7.97. The second-order valence-corrected chi connectivity index (χ2v) is 7.04. The molecule has 0 saturated heterocycles. The van der Waals surface area contributed by atoms with Crippen LogP contribution in [0.5, 0.6) is 0 Å². The van der Waals surface area contributed by atoms with E-state index in [0.29, 0.717) is 16.7 Å². The summed E-state index contributed by atoms with van der Waals surface area (Å²) in [6.45, 7) is 2.09. The molecule has 6 nitrogen and oxygen atoms in total. The number of fused-ring (bicyclic) bond motifs is 1. The number of aromatic amines is 1. The Balaban J connectivity index is 1.85. The van der Waals surface area contributed by atoms with Crippen molar-refractivity contribution in [1.29, 1.82) is 0 Å². The number of H-pyrrole nitrogens is 1. The third-order valence-electron chi connectivity index (χ3n) is 3.39. The van der Waals surface area contributed by atoms with Crippen molar-refractivity contribution < 1.29 is 4.79 Å². The number of aryl methyl sites for hydroxylation is 1. The van der Waals surface area contributed by atoms with E-state index in [4.69, 9.17) is 0 Å². The summed E-state index contributed by atoms with van der Waals surface area (Å²) in [6, 6.07) is 7.25. The number of benzene rings is 1. The van der Waals surface area contributed by atoms with E-state index in [-0.39, 0.29) is 11.3 Å². The number of nitrogens with zero attached hydrogens (tertiary/aromatic N) is 2. The Morgan fingerprint density at radius 3 is 2.92 bits per heavy atom. The molecular weight excluding hydrogens is 344 g/mol. The molecule has 2 heterocycles. The molecule has 0 atom stereocenters. The van der Waals surface area contributed by atoms with Crippen LogP contribution in [-0.4, -0.2) is 27.1 Å². The van der Waals surface area contributed by atoms with Gasteiger partial charge in [0.15, 0.2) is 5.13 Å². The highest BCUT2D eigenvalue weighted by Crippen LogP contribution is 2.27. The molecule has 3 aromatic rings. The molecule has 0 bridgehead atoms. The first-order chi connectivity index (χ1) is 11.6. The zero-order chi connectivity index (χ0) is 17.1. The monoisotopic (exact) mass is 360 g/mol. The van der Waals surface area contributed by atoms with Crippen LogP contribution in [0.3, 0.4) is 0 Å². The lowest BCUT2D eigenvalue weighted by Crippen LogP contribution is -2.20. The van der Waals surface area contributed by atoms with Crippen LogP contribution in [0, 0.1) is 0 Å². The molecule has 1 amide bonds. The van der Waals surface area contributed by atoms with Gasteiger partial charge in [0.2, 0.25) is 0 Å². The fourth-order valence-corrected chi connectivity index (χ4v) is 3.57. The van der Waals surface area contributed by atoms with Gasteiger partial charge in [-0.05, 0) is 30.4 Å². The maximum absolute atomic E-state index is 12.4. The first kappa shape index (κ1) is 16.7. The van der Waals surface area contributed by atoms with Crippen molar-refractivity contribution >= 4 is 44.4 Å². The minimum atomic E-state index is -0.432. The summed E-state index contributed by atoms with van der Waals surface area (Å²) in [7, 11) is 0. The topological polar surface area (TPSA) is 87.7 Å². The highest BCUT2D eigenvalue weighted by atomic mass is 32.2. The molecule has 24 heavy (non-hydrogen) atoms. The van der Waals surface area contributed by atoms with Gasteiger partial charge in [0.25, 0.3) is 11.5 Å². The Kier molecular flexibility index (Phi) is 4.96. The molecule has 0 fully saturated rings. The lowest BCUT2D eigenvalue weighted by Gasteiger charge is -2.03. The van der Waals surface area contributed by atoms with Crippen molar-refractivity contribution in [3.63, 3.8) is 0 Å². The number of aromatic nitrogens is 3. The quantitative estimate of drug-likeness (QED) is 0.730. The standard InChI is InChI=1S/C16H16N4O2S2/c1-3-9-4-5-10-12(6-9)24-16(18-10)20-15(22)11-7-14(21)19-13(17-11)8-23-2/h4-7H,3,8H2,1-2H3,(H,17,19,21)(H,18,20,22). The third kappa shape index (κ3) is 3.65. The van der Waals surface area contributed by atoms with Gasteiger partial charge < -0.3 is 4.98 Å². The van der Waals surface area contributed by atoms with Crippen LogP contribution in [0.1, 0.15) is 28.8 Å². The number of carbonyl (C=O) groups is 1. The fraction of sp³-hybridized carbons (Fsp3) is 0.250. The van der Waals surface area contributed by atoms with Gasteiger partial charge in [0.05, 0.1) is 16.0 Å². The van der Waals surface area contributed by atoms with E-state index in [9.17, 15) is 9.59 Å². The Labute approximate surface area is 146 Å². The molecule has 2 aromatic heterocycles. The molecular formula is C16H16N4O2S2. The minimum Gasteiger partial charge on any atom is -0.310 e. The second kappa shape index (κ2) is 7.14. The van der Waals surface area contributed by atoms with E-state index in [1.807, 2.05) is 18.4 Å². The molecule has 1 aromatic carbocycles. The van der Waals surface area contributed by atoms with Crippen molar-refractivity contribution in [3.8, 4) is 0 Å². The molecule has 0 aliphatic carbocycles. The van der Waals surface area contributed by atoms with Crippen molar-refractivity contribution in [2.45, 2.75) is 19.1 Å². The first-order valence-corrected chi connectivity index (χ1v) is 9.60. The van der Waals surface area contributed by atoms with Gasteiger partial charge >= 0.3 is 0 Å². The number of hydrogen-bond acceptors (Lipinski definition) is 6. The van der Waals surface area contributed by atoms with Crippen LogP contribution in [0.2, 0.25) is 0 Å². The van der Waals surface area contributed by atoms with Gasteiger partial charge in [-0.25, -0.2) is 9.97 Å². The van der Waals surface area contributed by atoms with E-state index >= 15 is 0 Å². The summed E-state index contributed by atoms with van der Waals surface area (Å²) in [5.41, 5.74) is 1.82. The van der Waals surface area contributed by atoms with E-state index < -0.39 is 5.91 Å². The van der Waals surface area contributed by atoms with Crippen molar-refractivity contribution in [1.82, 2.24) is 15.0 Å². The van der Waals surface area contributed by atoms with E-state index in [0.717, 1.165) is 16.6 Å². The lowest BCUT2D eigenvalue weighted by molar-refractivity contribution is 0.102. The number of thioether (sulfide) groups is 1. The Bertz CT molecular complexity index is 949. The van der Waals surface area contributed by atoms with Crippen molar-refractivity contribution in [2.75, 3.05) is 11.6 Å². The average molecular weight is 360 g/mol. The summed E-state index contributed by atoms with van der Waals surface area (Å²) in [4.78, 5) is 35.2. The summed E-state index contributed by atoms with van der Waals surface area (Å²) in [5, 5.41) is 3.23. The predicted octanol–water partition coefficient (Wildman–Crippen LogP) is 3.06. The molecule has 2 N–H and O–H groups in total. The van der Waals surface area contributed by atoms with Crippen LogP contribution in [0.4, 0.5) is 5.13 Å². The summed E-state index contributed by atoms with van der Waals surface area (Å²) in [6.07, 6.45) is 2.85. The van der Waals surface area contributed by atoms with Crippen LogP contribution < -0.4 is 10.9 Å². The largest absolute Gasteiger partial charge is 0.310 e. The van der Waals surface area contributed by atoms with E-state index in [1.165, 1.54) is 34.7 Å². The number of amides is 1. The zero-order valence-corrected chi connectivity index (χ0v) is 14.9. The number of anilines is 1. The normalized spacial score (nSPS) is 10.9. The number of carbonyl (C=O) groups excluding carboxylic acids is 1. The number of hydrogen-bond donors (Lipinski definition) is 2. The summed E-state index contributed by atoms with van der Waals surface area (Å²) in [5.74, 6) is 0.590. The first-order valence-electron chi connectivity index (χ1n) is 7.39. The zero-order valence-electron chi connectivity index (χ0n) is 13.3. The molecule has 124 valence electrons. The van der Waals surface area contributed by atoms with Crippen LogP contribution in [0.25, 0.3) is 10.2 Å². The van der Waals surface area contributed by atoms with Crippen LogP contribution in [-0.2, 0) is 12.2 Å². The third-order valence-corrected chi connectivity index (χ3v) is 4.88. The predicted molar refractivity (Wildman–Crippen MR) is 99.0 cm³/mol. The Hall–Kier alpha value is -2.19. The van der Waals surface area contributed by atoms with Crippen LogP contribution >= 0.6 is 23.1 Å². The molecule has 8 heteroatoms. The van der Waals surface area contributed by atoms with Gasteiger partial charge in [-0.1, -0.05) is 24.3 Å². The molecule has 0 saturated carbocycles. The number of nitrogens with one attached hydrogen (secondary N) is 2. The molecule has 3 rings (SSSR count). The maximum Gasteiger partial charge on any atom is 0.276 e. The highest BCUT2D eigenvalue weighted by Gasteiger charge is 2.13. The Morgan fingerprint density at radius 2 is 2.17 bits per heavy atom. The van der Waals surface area contributed by atoms with Gasteiger partial charge in [0.1, 0.15) is 11.5 Å². The minimum absolute atomic E-state index is 0.0938. The number of rotatable bonds is 5. The lowest BCUT2D eigenvalue weighted by atomic mass is 10.2. The molecule has 0 spiro atoms. The summed E-state index contributed by atoms with van der Waals surface area (Å²) >= 11 is 2.93. The Morgan fingerprint density at radius 1 is 1.33 bits per heavy atom. The average Bonchev–Trinajstić information content (AvgIpc) is 2.95. The van der Waals surface area contributed by atoms with Crippen molar-refractivity contribution in [3.05, 3.63) is 51.7 Å². The molecule has 0 aliphatic rings. The smallest absolute Gasteiger partial charge is 0.276 e. The maximum atomic E-state index is 12.4. The number of thiazole rings is 1. The molecule has 0 aliphatic heterocycles. The molecule has 0 radical (unpaired) electrons. The van der Waals surface area contributed by atoms with E-state index in [1.54, 1.807) is 0 Å². The van der Waals surface area contributed by atoms with Gasteiger partial charge in [-0.2, -0.15) is 11.8 Å². The van der Waals surface area contributed by atoms with Crippen molar-refractivity contribution in [2.24, 2.45) is 0 Å². The SMILES string of the molecule is CCc1ccc2nc(NC(=O)c3cc(=O)[nH]c(CSC)n3)sc2c1. The molecule has 0 unspecified atom stereocenters. The van der Waals surface area contributed by atoms with Crippen LogP contribution in [0.15, 0.2) is 29.1 Å². The van der Waals surface area contributed by atoms with E-state index in [2.05, 4.69) is 33.3 Å². The second-order valence-electron chi connectivity index (χ2n) is 5.14. The fourth-order valence-electron chi connectivity index (χ4n) is 2.23.